The van der Waals surface area contributed by atoms with Crippen molar-refractivity contribution in [3.8, 4) is 5.75 Å². The average Bonchev–Trinajstić information content (AvgIpc) is 2.26. The van der Waals surface area contributed by atoms with E-state index in [0.717, 1.165) is 12.3 Å². The van der Waals surface area contributed by atoms with E-state index in [4.69, 9.17) is 4.55 Å². The van der Waals surface area contributed by atoms with Crippen LogP contribution in [-0.4, -0.2) is 27.6 Å². The van der Waals surface area contributed by atoms with Crippen molar-refractivity contribution in [3.63, 3.8) is 0 Å². The van der Waals surface area contributed by atoms with Crippen molar-refractivity contribution in [1.29, 1.82) is 0 Å². The third kappa shape index (κ3) is 4.09. The second-order valence-corrected chi connectivity index (χ2v) is 7.28. The molecule has 0 aromatic heterocycles. The minimum atomic E-state index is -4.62. The summed E-state index contributed by atoms with van der Waals surface area (Å²) in [6.45, 7) is 0. The van der Waals surface area contributed by atoms with Crippen molar-refractivity contribution >= 4 is 36.6 Å². The summed E-state index contributed by atoms with van der Waals surface area (Å²) in [5.74, 6) is -0.887. The Morgan fingerprint density at radius 3 is 2.19 bits per heavy atom. The van der Waals surface area contributed by atoms with Crippen LogP contribution in [0.5, 0.6) is 5.75 Å². The van der Waals surface area contributed by atoms with Gasteiger partial charge >= 0.3 is 29.6 Å². The molecule has 0 bridgehead atoms. The van der Waals surface area contributed by atoms with Crippen LogP contribution in [0.25, 0.3) is 10.8 Å². The van der Waals surface area contributed by atoms with Gasteiger partial charge in [-0.2, -0.15) is 8.42 Å². The first-order valence-electron chi connectivity index (χ1n) is 5.27. The third-order valence-electron chi connectivity index (χ3n) is 2.55. The van der Waals surface area contributed by atoms with E-state index in [1.165, 1.54) is 24.3 Å². The molecule has 7 nitrogen and oxygen atoms in total. The maximum Gasteiger partial charge on any atom is 1.00 e. The summed E-state index contributed by atoms with van der Waals surface area (Å²) < 4.78 is 55.7. The van der Waals surface area contributed by atoms with Gasteiger partial charge in [0, 0.05) is 5.39 Å². The van der Waals surface area contributed by atoms with E-state index < -0.39 is 30.8 Å². The zero-order valence-corrected chi connectivity index (χ0v) is 14.8. The van der Waals surface area contributed by atoms with Gasteiger partial charge in [0.25, 0.3) is 10.1 Å². The number of hydrogen-bond acceptors (Lipinski definition) is 5. The largest absolute Gasteiger partial charge is 1.00 e. The van der Waals surface area contributed by atoms with Gasteiger partial charge in [0.1, 0.15) is 0 Å². The fraction of sp³-hybridized carbons (Fsp3) is 0.0909. The molecule has 0 radical (unpaired) electrons. The monoisotopic (exact) mass is 339 g/mol. The summed E-state index contributed by atoms with van der Waals surface area (Å²) >= 11 is 0. The molecule has 0 atom stereocenters. The minimum Gasteiger partial charge on any atom is -0.871 e. The Labute approximate surface area is 144 Å². The predicted molar refractivity (Wildman–Crippen MR) is 71.7 cm³/mol. The molecule has 0 saturated heterocycles. The van der Waals surface area contributed by atoms with Gasteiger partial charge in [-0.05, 0) is 17.5 Å². The van der Waals surface area contributed by atoms with Gasteiger partial charge in [0.2, 0.25) is 10.0 Å². The number of rotatable bonds is 3. The molecule has 2 aromatic rings. The van der Waals surface area contributed by atoms with Crippen molar-refractivity contribution in [3.05, 3.63) is 30.3 Å². The van der Waals surface area contributed by atoms with E-state index >= 15 is 0 Å². The van der Waals surface area contributed by atoms with E-state index in [1.807, 2.05) is 0 Å². The molecular weight excluding hydrogens is 329 g/mol. The van der Waals surface area contributed by atoms with Gasteiger partial charge in [-0.1, -0.05) is 23.9 Å². The maximum atomic E-state index is 12.0. The quantitative estimate of drug-likeness (QED) is 0.472. The van der Waals surface area contributed by atoms with Crippen LogP contribution < -0.4 is 39.4 Å². The van der Waals surface area contributed by atoms with Crippen LogP contribution in [0.2, 0.25) is 0 Å². The molecule has 0 amide bonds. The van der Waals surface area contributed by atoms with Crippen LogP contribution in [0.15, 0.2) is 35.2 Å². The fourth-order valence-corrected chi connectivity index (χ4v) is 2.96. The van der Waals surface area contributed by atoms with Crippen LogP contribution >= 0.6 is 0 Å². The molecule has 21 heavy (non-hydrogen) atoms. The molecule has 2 rings (SSSR count). The summed E-state index contributed by atoms with van der Waals surface area (Å²) in [7, 11) is -8.16. The van der Waals surface area contributed by atoms with Crippen LogP contribution in [-0.2, 0) is 20.1 Å². The summed E-state index contributed by atoms with van der Waals surface area (Å²) in [5, 5.41) is 12.2. The normalized spacial score (nSPS) is 11.9. The first kappa shape index (κ1) is 18.2. The molecule has 10 heteroatoms. The molecule has 2 N–H and O–H groups in total. The molecule has 0 spiro atoms. The van der Waals surface area contributed by atoms with Gasteiger partial charge < -0.3 is 5.11 Å². The number of nitrogens with one attached hydrogen (secondary N) is 1. The Kier molecular flexibility index (Phi) is 5.30. The van der Waals surface area contributed by atoms with Crippen molar-refractivity contribution < 1.29 is 56.1 Å². The van der Waals surface area contributed by atoms with Crippen molar-refractivity contribution in [2.24, 2.45) is 0 Å². The molecule has 0 fully saturated rings. The molecule has 2 aromatic carbocycles. The summed E-state index contributed by atoms with van der Waals surface area (Å²) in [6.07, 6.45) is 0.955. The van der Waals surface area contributed by atoms with Gasteiger partial charge in [-0.15, -0.1) is 0 Å². The van der Waals surface area contributed by atoms with Gasteiger partial charge in [-0.3, -0.25) is 9.27 Å². The first-order valence-corrected chi connectivity index (χ1v) is 8.61. The smallest absolute Gasteiger partial charge is 0.871 e. The minimum absolute atomic E-state index is 0. The standard InChI is InChI=1S/C11H11NO6S2.Na/c1-19(14,15)12-9-4-2-3-8-7(9)5-6-10(11(8)13)20(16,17)18;/h2-6,12-13H,1H3,(H,16,17,18);/q;+1/p-1. The second-order valence-electron chi connectivity index (χ2n) is 4.14. The molecule has 108 valence electrons. The summed E-state index contributed by atoms with van der Waals surface area (Å²) in [4.78, 5) is -0.749. The van der Waals surface area contributed by atoms with E-state index in [9.17, 15) is 21.9 Å². The Morgan fingerprint density at radius 1 is 1.05 bits per heavy atom. The Morgan fingerprint density at radius 2 is 1.67 bits per heavy atom. The van der Waals surface area contributed by atoms with Gasteiger partial charge in [0.05, 0.1) is 16.8 Å². The van der Waals surface area contributed by atoms with Gasteiger partial charge in [-0.25, -0.2) is 8.42 Å². The Hall–Kier alpha value is -0.840. The summed E-state index contributed by atoms with van der Waals surface area (Å²) in [5.41, 5.74) is 0.156. The number of sulfonamides is 1. The molecule has 0 aliphatic heterocycles. The SMILES string of the molecule is CS(=O)(=O)Nc1cccc2c([O-])c(S(=O)(=O)O)ccc12.[Na+]. The van der Waals surface area contributed by atoms with E-state index in [2.05, 4.69) is 4.72 Å². The Balaban J connectivity index is 0.00000220. The number of fused-ring (bicyclic) bond motifs is 1. The van der Waals surface area contributed by atoms with E-state index in [1.54, 1.807) is 0 Å². The predicted octanol–water partition coefficient (Wildman–Crippen LogP) is -2.46. The average molecular weight is 339 g/mol. The number of hydrogen-bond donors (Lipinski definition) is 2. The van der Waals surface area contributed by atoms with Crippen LogP contribution in [0.4, 0.5) is 5.69 Å². The van der Waals surface area contributed by atoms with E-state index in [0.29, 0.717) is 0 Å². The molecule has 0 aliphatic carbocycles. The first-order chi connectivity index (χ1) is 9.09. The van der Waals surface area contributed by atoms with Crippen molar-refractivity contribution in [2.75, 3.05) is 11.0 Å². The molecular formula is C11H10NNaO6S2. The van der Waals surface area contributed by atoms with Crippen LogP contribution in [0.3, 0.4) is 0 Å². The molecule has 0 heterocycles. The fourth-order valence-electron chi connectivity index (χ4n) is 1.80. The number of anilines is 1. The van der Waals surface area contributed by atoms with Gasteiger partial charge in [0.15, 0.2) is 0 Å². The summed E-state index contributed by atoms with van der Waals surface area (Å²) in [6, 6.07) is 6.39. The van der Waals surface area contributed by atoms with Crippen molar-refractivity contribution in [1.82, 2.24) is 0 Å². The Bertz CT molecular complexity index is 892. The topological polar surface area (TPSA) is 124 Å². The van der Waals surface area contributed by atoms with E-state index in [-0.39, 0.29) is 46.0 Å². The number of benzene rings is 2. The van der Waals surface area contributed by atoms with Crippen LogP contribution in [0.1, 0.15) is 0 Å². The molecule has 0 unspecified atom stereocenters. The second kappa shape index (κ2) is 6.11. The zero-order chi connectivity index (χ0) is 15.1. The zero-order valence-electron chi connectivity index (χ0n) is 11.2. The maximum absolute atomic E-state index is 12.0. The van der Waals surface area contributed by atoms with Crippen molar-refractivity contribution in [2.45, 2.75) is 4.90 Å². The third-order valence-corrected chi connectivity index (χ3v) is 4.02. The molecule has 0 aliphatic rings. The molecule has 0 saturated carbocycles. The van der Waals surface area contributed by atoms with Crippen LogP contribution in [0, 0.1) is 0 Å².